The van der Waals surface area contributed by atoms with Crippen LogP contribution in [0.2, 0.25) is 5.02 Å². The van der Waals surface area contributed by atoms with Crippen LogP contribution in [0.4, 0.5) is 11.8 Å². The minimum atomic E-state index is -0.157. The van der Waals surface area contributed by atoms with Crippen molar-refractivity contribution < 1.29 is 5.11 Å². The summed E-state index contributed by atoms with van der Waals surface area (Å²) in [5.74, 6) is 1.10. The molecule has 0 amide bonds. The van der Waals surface area contributed by atoms with Crippen LogP contribution in [-0.4, -0.2) is 32.7 Å². The van der Waals surface area contributed by atoms with E-state index in [9.17, 15) is 5.11 Å². The SMILES string of the molecule is C[C@@H](CO)Nc1nc(NCc2ccccc2Cl)cc(-c2cccnc2)n1. The Balaban J connectivity index is 1.88. The van der Waals surface area contributed by atoms with Crippen LogP contribution in [-0.2, 0) is 6.54 Å². The molecule has 1 aromatic carbocycles. The molecule has 134 valence electrons. The van der Waals surface area contributed by atoms with Gasteiger partial charge < -0.3 is 15.7 Å². The number of pyridine rings is 1. The summed E-state index contributed by atoms with van der Waals surface area (Å²) in [5.41, 5.74) is 2.60. The minimum absolute atomic E-state index is 0.0110. The molecule has 0 bridgehead atoms. The first-order valence-electron chi connectivity index (χ1n) is 8.30. The Morgan fingerprint density at radius 2 is 2.00 bits per heavy atom. The van der Waals surface area contributed by atoms with Gasteiger partial charge in [-0.3, -0.25) is 4.98 Å². The number of nitrogens with one attached hydrogen (secondary N) is 2. The maximum absolute atomic E-state index is 9.28. The number of anilines is 2. The molecule has 0 saturated carbocycles. The number of aromatic nitrogens is 3. The summed E-state index contributed by atoms with van der Waals surface area (Å²) in [5, 5.41) is 16.4. The molecule has 0 fully saturated rings. The van der Waals surface area contributed by atoms with Crippen LogP contribution in [0, 0.1) is 0 Å². The summed E-state index contributed by atoms with van der Waals surface area (Å²) in [7, 11) is 0. The number of hydrogen-bond donors (Lipinski definition) is 3. The summed E-state index contributed by atoms with van der Waals surface area (Å²) in [6, 6.07) is 13.2. The molecule has 3 aromatic rings. The third kappa shape index (κ3) is 4.68. The van der Waals surface area contributed by atoms with E-state index in [1.165, 1.54) is 0 Å². The molecule has 2 heterocycles. The van der Waals surface area contributed by atoms with Gasteiger partial charge in [0.15, 0.2) is 0 Å². The quantitative estimate of drug-likeness (QED) is 0.590. The van der Waals surface area contributed by atoms with Crippen LogP contribution in [0.25, 0.3) is 11.3 Å². The Morgan fingerprint density at radius 3 is 2.73 bits per heavy atom. The van der Waals surface area contributed by atoms with Crippen LogP contribution in [0.1, 0.15) is 12.5 Å². The first-order valence-corrected chi connectivity index (χ1v) is 8.67. The molecule has 0 aliphatic heterocycles. The van der Waals surface area contributed by atoms with Crippen molar-refractivity contribution in [2.75, 3.05) is 17.2 Å². The molecule has 0 aliphatic rings. The van der Waals surface area contributed by atoms with Crippen molar-refractivity contribution in [3.63, 3.8) is 0 Å². The highest BCUT2D eigenvalue weighted by molar-refractivity contribution is 6.31. The molecule has 6 nitrogen and oxygen atoms in total. The van der Waals surface area contributed by atoms with Crippen molar-refractivity contribution in [3.05, 3.63) is 65.4 Å². The standard InChI is InChI=1S/C19H20ClN5O/c1-13(12-26)23-19-24-17(15-6-4-8-21-10-15)9-18(25-19)22-11-14-5-2-3-7-16(14)20/h2-10,13,26H,11-12H2,1H3,(H2,22,23,24,25)/t13-/m0/s1. The van der Waals surface area contributed by atoms with E-state index < -0.39 is 0 Å². The van der Waals surface area contributed by atoms with Gasteiger partial charge in [-0.2, -0.15) is 4.98 Å². The van der Waals surface area contributed by atoms with E-state index in [2.05, 4.69) is 25.6 Å². The van der Waals surface area contributed by atoms with E-state index in [4.69, 9.17) is 11.6 Å². The van der Waals surface area contributed by atoms with Crippen LogP contribution in [0.15, 0.2) is 54.9 Å². The van der Waals surface area contributed by atoms with E-state index in [0.717, 1.165) is 16.8 Å². The first kappa shape index (κ1) is 18.1. The first-order chi connectivity index (χ1) is 12.7. The molecule has 3 rings (SSSR count). The number of rotatable bonds is 7. The number of halogens is 1. The highest BCUT2D eigenvalue weighted by atomic mass is 35.5. The van der Waals surface area contributed by atoms with Crippen molar-refractivity contribution in [3.8, 4) is 11.3 Å². The van der Waals surface area contributed by atoms with Gasteiger partial charge in [0.05, 0.1) is 12.3 Å². The van der Waals surface area contributed by atoms with Gasteiger partial charge in [-0.05, 0) is 30.7 Å². The summed E-state index contributed by atoms with van der Waals surface area (Å²) in [4.78, 5) is 13.2. The van der Waals surface area contributed by atoms with Crippen LogP contribution >= 0.6 is 11.6 Å². The van der Waals surface area contributed by atoms with Gasteiger partial charge in [0, 0.05) is 41.6 Å². The fourth-order valence-corrected chi connectivity index (χ4v) is 2.56. The van der Waals surface area contributed by atoms with Crippen molar-refractivity contribution >= 4 is 23.4 Å². The normalized spacial score (nSPS) is 11.8. The van der Waals surface area contributed by atoms with E-state index in [1.54, 1.807) is 12.4 Å². The summed E-state index contributed by atoms with van der Waals surface area (Å²) in [6.45, 7) is 2.39. The molecule has 7 heteroatoms. The molecule has 1 atom stereocenters. The molecule has 3 N–H and O–H groups in total. The van der Waals surface area contributed by atoms with E-state index in [-0.39, 0.29) is 12.6 Å². The Morgan fingerprint density at radius 1 is 1.15 bits per heavy atom. The second kappa shape index (κ2) is 8.60. The van der Waals surface area contributed by atoms with Gasteiger partial charge in [-0.1, -0.05) is 29.8 Å². The van der Waals surface area contributed by atoms with Crippen LogP contribution < -0.4 is 10.6 Å². The molecule has 0 unspecified atom stereocenters. The second-order valence-electron chi connectivity index (χ2n) is 5.88. The van der Waals surface area contributed by atoms with E-state index in [1.807, 2.05) is 49.4 Å². The van der Waals surface area contributed by atoms with Crippen molar-refractivity contribution in [2.45, 2.75) is 19.5 Å². The summed E-state index contributed by atoms with van der Waals surface area (Å²) < 4.78 is 0. The maximum Gasteiger partial charge on any atom is 0.225 e. The van der Waals surface area contributed by atoms with Crippen LogP contribution in [0.3, 0.4) is 0 Å². The Hall–Kier alpha value is -2.70. The molecule has 2 aromatic heterocycles. The highest BCUT2D eigenvalue weighted by Gasteiger charge is 2.10. The lowest BCUT2D eigenvalue weighted by Gasteiger charge is -2.14. The Kier molecular flexibility index (Phi) is 5.99. The largest absolute Gasteiger partial charge is 0.394 e. The van der Waals surface area contributed by atoms with E-state index in [0.29, 0.717) is 23.3 Å². The second-order valence-corrected chi connectivity index (χ2v) is 6.28. The lowest BCUT2D eigenvalue weighted by atomic mass is 10.2. The Labute approximate surface area is 157 Å². The smallest absolute Gasteiger partial charge is 0.225 e. The lowest BCUT2D eigenvalue weighted by molar-refractivity contribution is 0.281. The Bertz CT molecular complexity index is 860. The number of hydrogen-bond acceptors (Lipinski definition) is 6. The minimum Gasteiger partial charge on any atom is -0.394 e. The molecular formula is C19H20ClN5O. The topological polar surface area (TPSA) is 83.0 Å². The lowest BCUT2D eigenvalue weighted by Crippen LogP contribution is -2.21. The molecule has 0 aliphatic carbocycles. The van der Waals surface area contributed by atoms with Crippen molar-refractivity contribution in [1.29, 1.82) is 0 Å². The van der Waals surface area contributed by atoms with Crippen LogP contribution in [0.5, 0.6) is 0 Å². The molecule has 0 spiro atoms. The van der Waals surface area contributed by atoms with Gasteiger partial charge in [0.25, 0.3) is 0 Å². The average Bonchev–Trinajstić information content (AvgIpc) is 2.68. The molecule has 0 radical (unpaired) electrons. The predicted octanol–water partition coefficient (Wildman–Crippen LogP) is 3.60. The summed E-state index contributed by atoms with van der Waals surface area (Å²) >= 11 is 6.22. The van der Waals surface area contributed by atoms with Crippen molar-refractivity contribution in [1.82, 2.24) is 15.0 Å². The van der Waals surface area contributed by atoms with Gasteiger partial charge in [-0.15, -0.1) is 0 Å². The fourth-order valence-electron chi connectivity index (χ4n) is 2.36. The average molecular weight is 370 g/mol. The molecule has 0 saturated heterocycles. The number of aliphatic hydroxyl groups is 1. The summed E-state index contributed by atoms with van der Waals surface area (Å²) in [6.07, 6.45) is 3.47. The number of aliphatic hydroxyl groups excluding tert-OH is 1. The molecular weight excluding hydrogens is 350 g/mol. The zero-order valence-electron chi connectivity index (χ0n) is 14.4. The zero-order chi connectivity index (χ0) is 18.4. The fraction of sp³-hybridized carbons (Fsp3) is 0.211. The van der Waals surface area contributed by atoms with Crippen molar-refractivity contribution in [2.24, 2.45) is 0 Å². The zero-order valence-corrected chi connectivity index (χ0v) is 15.1. The number of nitrogens with zero attached hydrogens (tertiary/aromatic N) is 3. The van der Waals surface area contributed by atoms with Gasteiger partial charge >= 0.3 is 0 Å². The third-order valence-electron chi connectivity index (χ3n) is 3.75. The van der Waals surface area contributed by atoms with Gasteiger partial charge in [0.1, 0.15) is 5.82 Å². The number of benzene rings is 1. The van der Waals surface area contributed by atoms with Gasteiger partial charge in [-0.25, -0.2) is 4.98 Å². The third-order valence-corrected chi connectivity index (χ3v) is 4.12. The molecule has 26 heavy (non-hydrogen) atoms. The predicted molar refractivity (Wildman–Crippen MR) is 104 cm³/mol. The van der Waals surface area contributed by atoms with E-state index >= 15 is 0 Å². The van der Waals surface area contributed by atoms with Gasteiger partial charge in [0.2, 0.25) is 5.95 Å². The maximum atomic E-state index is 9.28. The monoisotopic (exact) mass is 369 g/mol. The highest BCUT2D eigenvalue weighted by Crippen LogP contribution is 2.22.